The average Bonchev–Trinajstić information content (AvgIpc) is 2.33. The summed E-state index contributed by atoms with van der Waals surface area (Å²) < 4.78 is 40.3. The maximum atomic E-state index is 13.9. The van der Waals surface area contributed by atoms with Gasteiger partial charge in [0, 0.05) is 29.8 Å². The minimum atomic E-state index is -2.66. The van der Waals surface area contributed by atoms with Gasteiger partial charge in [-0.3, -0.25) is 0 Å². The summed E-state index contributed by atoms with van der Waals surface area (Å²) in [4.78, 5) is 0. The molecule has 1 aromatic rings. The molecule has 2 N–H and O–H groups in total. The number of hydrogen-bond donors (Lipinski definition) is 1. The highest BCUT2D eigenvalue weighted by atomic mass is 35.5. The van der Waals surface area contributed by atoms with E-state index in [1.807, 2.05) is 0 Å². The topological polar surface area (TPSA) is 26.0 Å². The first-order valence-electron chi connectivity index (χ1n) is 5.92. The van der Waals surface area contributed by atoms with Crippen LogP contribution in [-0.2, 0) is 5.41 Å². The lowest BCUT2D eigenvalue weighted by Gasteiger charge is -2.40. The Morgan fingerprint density at radius 1 is 1.17 bits per heavy atom. The lowest BCUT2D eigenvalue weighted by Crippen LogP contribution is -2.42. The van der Waals surface area contributed by atoms with E-state index in [2.05, 4.69) is 0 Å². The molecule has 0 amide bonds. The molecule has 1 nitrogen and oxygen atoms in total. The Hall–Kier alpha value is -0.740. The number of nitrogens with two attached hydrogens (primary N) is 1. The van der Waals surface area contributed by atoms with E-state index in [0.29, 0.717) is 10.6 Å². The van der Waals surface area contributed by atoms with Gasteiger partial charge in [-0.25, -0.2) is 13.2 Å². The summed E-state index contributed by atoms with van der Waals surface area (Å²) in [6.45, 7) is 0.153. The second-order valence-corrected chi connectivity index (χ2v) is 5.40. The van der Waals surface area contributed by atoms with Gasteiger partial charge in [0.1, 0.15) is 5.82 Å². The molecular weight excluding hydrogens is 263 g/mol. The van der Waals surface area contributed by atoms with Crippen molar-refractivity contribution in [2.24, 2.45) is 5.73 Å². The molecule has 2 rings (SSSR count). The van der Waals surface area contributed by atoms with Crippen molar-refractivity contribution >= 4 is 11.6 Å². The Morgan fingerprint density at radius 3 is 2.33 bits per heavy atom. The fourth-order valence-corrected chi connectivity index (χ4v) is 2.75. The fraction of sp³-hybridized carbons (Fsp3) is 0.538. The normalized spacial score (nSPS) is 21.8. The Bertz CT molecular complexity index is 438. The van der Waals surface area contributed by atoms with Gasteiger partial charge in [0.2, 0.25) is 5.92 Å². The van der Waals surface area contributed by atoms with Crippen LogP contribution in [0.25, 0.3) is 0 Å². The van der Waals surface area contributed by atoms with Gasteiger partial charge in [-0.15, -0.1) is 0 Å². The van der Waals surface area contributed by atoms with E-state index in [1.165, 1.54) is 18.2 Å². The second-order valence-electron chi connectivity index (χ2n) is 4.96. The maximum absolute atomic E-state index is 13.9. The second kappa shape index (κ2) is 4.74. The van der Waals surface area contributed by atoms with Crippen molar-refractivity contribution in [2.75, 3.05) is 6.54 Å². The van der Waals surface area contributed by atoms with Crippen LogP contribution in [0.4, 0.5) is 13.2 Å². The van der Waals surface area contributed by atoms with Gasteiger partial charge in [0.25, 0.3) is 0 Å². The third kappa shape index (κ3) is 2.50. The van der Waals surface area contributed by atoms with Crippen molar-refractivity contribution < 1.29 is 13.2 Å². The van der Waals surface area contributed by atoms with Crippen LogP contribution in [0.3, 0.4) is 0 Å². The zero-order valence-electron chi connectivity index (χ0n) is 9.86. The predicted molar refractivity (Wildman–Crippen MR) is 65.6 cm³/mol. The fourth-order valence-electron chi connectivity index (χ4n) is 2.58. The van der Waals surface area contributed by atoms with Crippen LogP contribution < -0.4 is 5.73 Å². The van der Waals surface area contributed by atoms with Gasteiger partial charge in [-0.2, -0.15) is 0 Å². The number of hydrogen-bond acceptors (Lipinski definition) is 1. The first-order chi connectivity index (χ1) is 8.38. The zero-order chi connectivity index (χ0) is 13.4. The molecule has 0 bridgehead atoms. The molecule has 0 aliphatic heterocycles. The molecule has 5 heteroatoms. The molecule has 1 aromatic carbocycles. The van der Waals surface area contributed by atoms with Crippen molar-refractivity contribution in [1.29, 1.82) is 0 Å². The monoisotopic (exact) mass is 277 g/mol. The third-order valence-electron chi connectivity index (χ3n) is 3.83. The van der Waals surface area contributed by atoms with E-state index in [4.69, 9.17) is 17.3 Å². The van der Waals surface area contributed by atoms with E-state index in [1.54, 1.807) is 0 Å². The van der Waals surface area contributed by atoms with E-state index in [-0.39, 0.29) is 32.2 Å². The minimum Gasteiger partial charge on any atom is -0.330 e. The molecule has 0 saturated heterocycles. The van der Waals surface area contributed by atoms with Crippen LogP contribution in [0, 0.1) is 5.82 Å². The largest absolute Gasteiger partial charge is 0.330 e. The van der Waals surface area contributed by atoms with Gasteiger partial charge in [0.15, 0.2) is 0 Å². The highest BCUT2D eigenvalue weighted by Gasteiger charge is 2.44. The van der Waals surface area contributed by atoms with E-state index < -0.39 is 17.2 Å². The van der Waals surface area contributed by atoms with Crippen molar-refractivity contribution in [3.8, 4) is 0 Å². The molecule has 1 fully saturated rings. The number of benzene rings is 1. The highest BCUT2D eigenvalue weighted by molar-refractivity contribution is 6.30. The molecule has 1 saturated carbocycles. The number of alkyl halides is 2. The van der Waals surface area contributed by atoms with Crippen LogP contribution in [-0.4, -0.2) is 12.5 Å². The molecule has 0 spiro atoms. The maximum Gasteiger partial charge on any atom is 0.248 e. The Kier molecular flexibility index (Phi) is 3.60. The lowest BCUT2D eigenvalue weighted by molar-refractivity contribution is -0.0513. The van der Waals surface area contributed by atoms with E-state index >= 15 is 0 Å². The molecule has 1 aliphatic rings. The van der Waals surface area contributed by atoms with Crippen molar-refractivity contribution in [3.05, 3.63) is 34.6 Å². The smallest absolute Gasteiger partial charge is 0.248 e. The average molecular weight is 278 g/mol. The third-order valence-corrected chi connectivity index (χ3v) is 4.06. The summed E-state index contributed by atoms with van der Waals surface area (Å²) in [6.07, 6.45) is -0.131. The molecule has 0 heterocycles. The molecule has 18 heavy (non-hydrogen) atoms. The summed E-state index contributed by atoms with van der Waals surface area (Å²) in [5.74, 6) is -3.08. The van der Waals surface area contributed by atoms with E-state index in [0.717, 1.165) is 0 Å². The first kappa shape index (κ1) is 13.7. The number of halogens is 4. The van der Waals surface area contributed by atoms with Crippen LogP contribution in [0.1, 0.15) is 31.2 Å². The molecule has 0 unspecified atom stereocenters. The SMILES string of the molecule is NCC1(c2cc(Cl)ccc2F)CCC(F)(F)CC1. The summed E-state index contributed by atoms with van der Waals surface area (Å²) in [6, 6.07) is 4.22. The molecule has 0 atom stereocenters. The van der Waals surface area contributed by atoms with Crippen molar-refractivity contribution in [2.45, 2.75) is 37.0 Å². The van der Waals surface area contributed by atoms with Crippen molar-refractivity contribution in [3.63, 3.8) is 0 Å². The van der Waals surface area contributed by atoms with Crippen LogP contribution >= 0.6 is 11.6 Å². The molecular formula is C13H15ClF3N. The zero-order valence-corrected chi connectivity index (χ0v) is 10.6. The Morgan fingerprint density at radius 2 is 1.78 bits per heavy atom. The lowest BCUT2D eigenvalue weighted by atomic mass is 9.68. The molecule has 100 valence electrons. The van der Waals surface area contributed by atoms with Crippen LogP contribution in [0.2, 0.25) is 5.02 Å². The molecule has 0 radical (unpaired) electrons. The van der Waals surface area contributed by atoms with Crippen LogP contribution in [0.15, 0.2) is 18.2 Å². The quantitative estimate of drug-likeness (QED) is 0.872. The van der Waals surface area contributed by atoms with Crippen molar-refractivity contribution in [1.82, 2.24) is 0 Å². The summed E-state index contributed by atoms with van der Waals surface area (Å²) in [5.41, 5.74) is 5.38. The van der Waals surface area contributed by atoms with Gasteiger partial charge < -0.3 is 5.73 Å². The van der Waals surface area contributed by atoms with Gasteiger partial charge in [0.05, 0.1) is 0 Å². The minimum absolute atomic E-state index is 0.153. The summed E-state index contributed by atoms with van der Waals surface area (Å²) >= 11 is 5.86. The Balaban J connectivity index is 2.36. The number of rotatable bonds is 2. The van der Waals surface area contributed by atoms with Gasteiger partial charge >= 0.3 is 0 Å². The van der Waals surface area contributed by atoms with Crippen LogP contribution in [0.5, 0.6) is 0 Å². The summed E-state index contributed by atoms with van der Waals surface area (Å²) in [7, 11) is 0. The van der Waals surface area contributed by atoms with Gasteiger partial charge in [-0.05, 0) is 36.6 Å². The summed E-state index contributed by atoms with van der Waals surface area (Å²) in [5, 5.41) is 0.400. The predicted octanol–water partition coefficient (Wildman–Crippen LogP) is 3.88. The Labute approximate surface area is 109 Å². The van der Waals surface area contributed by atoms with E-state index in [9.17, 15) is 13.2 Å². The molecule has 1 aliphatic carbocycles. The molecule has 0 aromatic heterocycles. The first-order valence-corrected chi connectivity index (χ1v) is 6.30. The van der Waals surface area contributed by atoms with Gasteiger partial charge in [-0.1, -0.05) is 11.6 Å². The standard InChI is InChI=1S/C13H15ClF3N/c14-9-1-2-11(15)10(7-9)12(8-18)3-5-13(16,17)6-4-12/h1-2,7H,3-6,8,18H2. The highest BCUT2D eigenvalue weighted by Crippen LogP contribution is 2.45.